The third-order valence-electron chi connectivity index (χ3n) is 10.9. The zero-order valence-corrected chi connectivity index (χ0v) is 34.0. The Kier molecular flexibility index (Phi) is 11.3. The Balaban J connectivity index is 1.10. The lowest BCUT2D eigenvalue weighted by molar-refractivity contribution is -0.142. The van der Waals surface area contributed by atoms with Gasteiger partial charge in [-0.25, -0.2) is 9.78 Å². The minimum Gasteiger partial charge on any atom is -0.494 e. The molecule has 302 valence electrons. The number of pyridine rings is 1. The van der Waals surface area contributed by atoms with Crippen LogP contribution in [-0.2, 0) is 29.0 Å². The van der Waals surface area contributed by atoms with Crippen molar-refractivity contribution in [2.24, 2.45) is 5.41 Å². The van der Waals surface area contributed by atoms with Crippen molar-refractivity contribution >= 4 is 17.8 Å². The molecule has 0 spiro atoms. The standard InChI is InChI=1S/C46H50N4O8/c1-26-27(2)47-18-16-36(26)31-10-8-30(9-11-31)20-37(45(53)54)49-43(51)38-21-33-22-39-40(23-34(33)24-50(38)44(52)42-28(3)57-29(4)48-42)58-41(25-56-39)32-12-14-35(15-13-32)55-19-17-46(5,6)7/h8-16,18,22-23,37-38,41H,17,19-21,24-25H2,1-7H3,(H,49,51)(H,53,54)/t37?,38-,41+/m0/s1. The van der Waals surface area contributed by atoms with Crippen LogP contribution in [0, 0.1) is 33.1 Å². The first-order valence-corrected chi connectivity index (χ1v) is 19.6. The number of nitrogens with zero attached hydrogens (tertiary/aromatic N) is 3. The molecule has 1 unspecified atom stereocenters. The summed E-state index contributed by atoms with van der Waals surface area (Å²) in [5.74, 6) is 0.208. The van der Waals surface area contributed by atoms with Crippen LogP contribution in [0.3, 0.4) is 0 Å². The second-order valence-electron chi connectivity index (χ2n) is 16.4. The summed E-state index contributed by atoms with van der Waals surface area (Å²) >= 11 is 0. The number of nitrogens with one attached hydrogen (secondary N) is 1. The number of hydrogen-bond acceptors (Lipinski definition) is 9. The molecule has 2 aliphatic rings. The monoisotopic (exact) mass is 786 g/mol. The van der Waals surface area contributed by atoms with Gasteiger partial charge in [0.05, 0.1) is 6.61 Å². The van der Waals surface area contributed by atoms with E-state index >= 15 is 0 Å². The number of ether oxygens (including phenoxy) is 3. The molecule has 0 saturated carbocycles. The number of aryl methyl sites for hydroxylation is 3. The van der Waals surface area contributed by atoms with Crippen LogP contribution >= 0.6 is 0 Å². The van der Waals surface area contributed by atoms with E-state index in [1.165, 1.54) is 4.90 Å². The third-order valence-corrected chi connectivity index (χ3v) is 10.9. The summed E-state index contributed by atoms with van der Waals surface area (Å²) in [4.78, 5) is 51.1. The number of amides is 2. The van der Waals surface area contributed by atoms with Crippen LogP contribution in [0.2, 0.25) is 0 Å². The van der Waals surface area contributed by atoms with Gasteiger partial charge in [-0.2, -0.15) is 0 Å². The molecule has 0 saturated heterocycles. The maximum absolute atomic E-state index is 14.2. The fourth-order valence-corrected chi connectivity index (χ4v) is 7.36. The Morgan fingerprint density at radius 1 is 0.966 bits per heavy atom. The second-order valence-corrected chi connectivity index (χ2v) is 16.4. The number of aliphatic carboxylic acids is 1. The molecule has 12 nitrogen and oxygen atoms in total. The predicted octanol–water partition coefficient (Wildman–Crippen LogP) is 7.68. The summed E-state index contributed by atoms with van der Waals surface area (Å²) in [6, 6.07) is 18.8. The SMILES string of the molecule is Cc1nc(C(=O)N2Cc3cc4c(cc3C[C@H]2C(=O)NC(Cc2ccc(-c3ccnc(C)c3C)cc2)C(=O)O)OC[C@H](c2ccc(OCCC(C)(C)C)cc2)O4)c(C)o1. The number of aromatic nitrogens is 2. The molecule has 0 aliphatic carbocycles. The lowest BCUT2D eigenvalue weighted by atomic mass is 9.91. The molecule has 5 aromatic rings. The highest BCUT2D eigenvalue weighted by atomic mass is 16.6. The van der Waals surface area contributed by atoms with Crippen molar-refractivity contribution in [3.05, 3.63) is 124 Å². The van der Waals surface area contributed by atoms with Gasteiger partial charge in [0.25, 0.3) is 5.91 Å². The highest BCUT2D eigenvalue weighted by Crippen LogP contribution is 2.41. The molecule has 2 N–H and O–H groups in total. The number of carbonyl (C=O) groups is 3. The Morgan fingerprint density at radius 3 is 2.36 bits per heavy atom. The molecule has 2 aromatic heterocycles. The number of carbonyl (C=O) groups excluding carboxylic acids is 2. The molecule has 12 heteroatoms. The average Bonchev–Trinajstić information content (AvgIpc) is 3.54. The van der Waals surface area contributed by atoms with E-state index in [0.717, 1.165) is 56.8 Å². The number of oxazole rings is 1. The van der Waals surface area contributed by atoms with Crippen molar-refractivity contribution in [3.8, 4) is 28.4 Å². The van der Waals surface area contributed by atoms with Crippen molar-refractivity contribution in [1.29, 1.82) is 0 Å². The van der Waals surface area contributed by atoms with E-state index in [9.17, 15) is 19.5 Å². The quantitative estimate of drug-likeness (QED) is 0.136. The van der Waals surface area contributed by atoms with Gasteiger partial charge in [0.15, 0.2) is 29.2 Å². The Labute approximate surface area is 338 Å². The topological polar surface area (TPSA) is 153 Å². The fourth-order valence-electron chi connectivity index (χ4n) is 7.36. The number of fused-ring (bicyclic) bond motifs is 2. The van der Waals surface area contributed by atoms with Crippen LogP contribution in [0.1, 0.15) is 88.9 Å². The summed E-state index contributed by atoms with van der Waals surface area (Å²) in [6.45, 7) is 14.8. The van der Waals surface area contributed by atoms with Gasteiger partial charge < -0.3 is 34.0 Å². The van der Waals surface area contributed by atoms with Gasteiger partial charge in [-0.15, -0.1) is 0 Å². The number of hydrogen-bond donors (Lipinski definition) is 2. The maximum Gasteiger partial charge on any atom is 0.326 e. The smallest absolute Gasteiger partial charge is 0.326 e. The second kappa shape index (κ2) is 16.4. The van der Waals surface area contributed by atoms with Gasteiger partial charge >= 0.3 is 5.97 Å². The molecule has 0 radical (unpaired) electrons. The molecule has 2 aliphatic heterocycles. The lowest BCUT2D eigenvalue weighted by Gasteiger charge is -2.37. The van der Waals surface area contributed by atoms with Crippen molar-refractivity contribution in [3.63, 3.8) is 0 Å². The minimum absolute atomic E-state index is 0.0430. The van der Waals surface area contributed by atoms with E-state index in [0.29, 0.717) is 29.8 Å². The molecular weight excluding hydrogens is 737 g/mol. The molecule has 0 fully saturated rings. The third kappa shape index (κ3) is 8.86. The van der Waals surface area contributed by atoms with Gasteiger partial charge in [0, 0.05) is 38.2 Å². The Morgan fingerprint density at radius 2 is 1.69 bits per heavy atom. The molecule has 4 heterocycles. The van der Waals surface area contributed by atoms with Crippen LogP contribution < -0.4 is 19.5 Å². The number of carboxylic acids is 1. The highest BCUT2D eigenvalue weighted by molar-refractivity contribution is 5.98. The van der Waals surface area contributed by atoms with Crippen molar-refractivity contribution in [1.82, 2.24) is 20.2 Å². The first-order chi connectivity index (χ1) is 27.6. The summed E-state index contributed by atoms with van der Waals surface area (Å²) in [6.07, 6.45) is 2.49. The molecule has 3 aromatic carbocycles. The first-order valence-electron chi connectivity index (χ1n) is 19.6. The lowest BCUT2D eigenvalue weighted by Crippen LogP contribution is -2.56. The summed E-state index contributed by atoms with van der Waals surface area (Å²) < 4.78 is 24.2. The van der Waals surface area contributed by atoms with E-state index in [2.05, 4.69) is 36.1 Å². The Hall–Kier alpha value is -6.17. The van der Waals surface area contributed by atoms with E-state index in [-0.39, 0.29) is 43.2 Å². The predicted molar refractivity (Wildman–Crippen MR) is 217 cm³/mol. The largest absolute Gasteiger partial charge is 0.494 e. The van der Waals surface area contributed by atoms with Gasteiger partial charge in [0.1, 0.15) is 30.2 Å². The van der Waals surface area contributed by atoms with Gasteiger partial charge in [0.2, 0.25) is 5.91 Å². The summed E-state index contributed by atoms with van der Waals surface area (Å²) in [5.41, 5.74) is 7.54. The molecular formula is C46H50N4O8. The van der Waals surface area contributed by atoms with E-state index in [4.69, 9.17) is 18.6 Å². The molecule has 58 heavy (non-hydrogen) atoms. The maximum atomic E-state index is 14.2. The Bertz CT molecular complexity index is 2330. The van der Waals surface area contributed by atoms with Gasteiger partial charge in [-0.1, -0.05) is 57.2 Å². The summed E-state index contributed by atoms with van der Waals surface area (Å²) in [7, 11) is 0. The van der Waals surface area contributed by atoms with Crippen LogP contribution in [0.5, 0.6) is 17.2 Å². The molecule has 3 atom stereocenters. The average molecular weight is 787 g/mol. The van der Waals surface area contributed by atoms with Crippen LogP contribution in [0.15, 0.2) is 77.3 Å². The zero-order valence-electron chi connectivity index (χ0n) is 34.0. The van der Waals surface area contributed by atoms with E-state index in [1.54, 1.807) is 20.0 Å². The normalized spacial score (nSPS) is 16.6. The van der Waals surface area contributed by atoms with Crippen molar-refractivity contribution < 1.29 is 38.1 Å². The van der Waals surface area contributed by atoms with Crippen LogP contribution in [0.4, 0.5) is 0 Å². The summed E-state index contributed by atoms with van der Waals surface area (Å²) in [5, 5.41) is 13.0. The van der Waals surface area contributed by atoms with E-state index < -0.39 is 29.9 Å². The van der Waals surface area contributed by atoms with Crippen LogP contribution in [0.25, 0.3) is 11.1 Å². The van der Waals surface area contributed by atoms with Crippen LogP contribution in [-0.4, -0.2) is 63.1 Å². The molecule has 0 bridgehead atoms. The minimum atomic E-state index is -1.25. The highest BCUT2D eigenvalue weighted by Gasteiger charge is 2.39. The fraction of sp³-hybridized carbons (Fsp3) is 0.370. The molecule has 2 amide bonds. The van der Waals surface area contributed by atoms with Gasteiger partial charge in [-0.3, -0.25) is 14.6 Å². The zero-order chi connectivity index (χ0) is 41.3. The van der Waals surface area contributed by atoms with Gasteiger partial charge in [-0.05, 0) is 102 Å². The number of benzene rings is 3. The number of carboxylic acid groups (broad SMARTS) is 1. The van der Waals surface area contributed by atoms with Crippen molar-refractivity contribution in [2.45, 2.75) is 92.5 Å². The first kappa shape index (κ1) is 40.0. The van der Waals surface area contributed by atoms with E-state index in [1.807, 2.05) is 80.6 Å². The molecule has 7 rings (SSSR count). The number of rotatable bonds is 11. The van der Waals surface area contributed by atoms with Crippen molar-refractivity contribution in [2.75, 3.05) is 13.2 Å².